The van der Waals surface area contributed by atoms with E-state index in [1.807, 2.05) is 0 Å². The summed E-state index contributed by atoms with van der Waals surface area (Å²) in [6.45, 7) is 0. The lowest BCUT2D eigenvalue weighted by Crippen LogP contribution is -2.46. The van der Waals surface area contributed by atoms with Crippen LogP contribution in [0.4, 0.5) is 8.78 Å². The molecule has 0 aromatic heterocycles. The van der Waals surface area contributed by atoms with E-state index in [9.17, 15) is 22.3 Å². The van der Waals surface area contributed by atoms with Gasteiger partial charge >= 0.3 is 0 Å². The number of halogens is 2. The molecule has 2 heterocycles. The predicted molar refractivity (Wildman–Crippen MR) is 70.0 cm³/mol. The van der Waals surface area contributed by atoms with Crippen LogP contribution in [-0.2, 0) is 16.3 Å². The van der Waals surface area contributed by atoms with Crippen molar-refractivity contribution in [3.05, 3.63) is 35.4 Å². The molecule has 2 saturated heterocycles. The lowest BCUT2D eigenvalue weighted by molar-refractivity contribution is 0.0211. The smallest absolute Gasteiger partial charge is 0.156 e. The molecule has 1 aromatic carbocycles. The normalized spacial score (nSPS) is 35.1. The maximum Gasteiger partial charge on any atom is 0.156 e. The molecule has 2 aliphatic heterocycles. The van der Waals surface area contributed by atoms with Gasteiger partial charge in [0.05, 0.1) is 16.1 Å². The van der Waals surface area contributed by atoms with Gasteiger partial charge in [0.2, 0.25) is 0 Å². The third-order valence-electron chi connectivity index (χ3n) is 4.48. The van der Waals surface area contributed by atoms with Crippen LogP contribution in [0.5, 0.6) is 0 Å². The number of benzene rings is 1. The summed E-state index contributed by atoms with van der Waals surface area (Å²) in [5.74, 6) is -1.13. The molecule has 3 nitrogen and oxygen atoms in total. The number of hydrogen-bond donors (Lipinski definition) is 1. The first-order valence-electron chi connectivity index (χ1n) is 6.69. The minimum atomic E-state index is -3.14. The third-order valence-corrected chi connectivity index (χ3v) is 7.15. The van der Waals surface area contributed by atoms with E-state index in [1.54, 1.807) is 0 Å². The van der Waals surface area contributed by atoms with Crippen LogP contribution in [0.1, 0.15) is 31.2 Å². The molecule has 0 aliphatic carbocycles. The van der Waals surface area contributed by atoms with Crippen LogP contribution >= 0.6 is 0 Å². The van der Waals surface area contributed by atoms with Gasteiger partial charge in [-0.05, 0) is 49.4 Å². The lowest BCUT2D eigenvalue weighted by Gasteiger charge is -2.36. The van der Waals surface area contributed by atoms with E-state index in [4.69, 9.17) is 0 Å². The minimum Gasteiger partial charge on any atom is -0.389 e. The second kappa shape index (κ2) is 4.49. The van der Waals surface area contributed by atoms with Gasteiger partial charge in [-0.2, -0.15) is 0 Å². The van der Waals surface area contributed by atoms with Crippen molar-refractivity contribution in [2.75, 3.05) is 0 Å². The van der Waals surface area contributed by atoms with E-state index in [-0.39, 0.29) is 24.8 Å². The van der Waals surface area contributed by atoms with Gasteiger partial charge in [-0.1, -0.05) is 0 Å². The van der Waals surface area contributed by atoms with Crippen LogP contribution in [0.25, 0.3) is 0 Å². The molecule has 2 atom stereocenters. The second-order valence-electron chi connectivity index (χ2n) is 5.96. The fourth-order valence-corrected chi connectivity index (χ4v) is 6.08. The Morgan fingerprint density at radius 1 is 1.20 bits per heavy atom. The number of aliphatic hydroxyl groups is 1. The maximum absolute atomic E-state index is 13.7. The minimum absolute atomic E-state index is 0.0425. The first-order valence-corrected chi connectivity index (χ1v) is 8.30. The number of fused-ring (bicyclic) bond motifs is 2. The zero-order valence-corrected chi connectivity index (χ0v) is 11.7. The number of rotatable bonds is 2. The van der Waals surface area contributed by atoms with Gasteiger partial charge in [0.15, 0.2) is 9.84 Å². The van der Waals surface area contributed by atoms with Crippen LogP contribution in [0.2, 0.25) is 0 Å². The summed E-state index contributed by atoms with van der Waals surface area (Å²) in [5, 5.41) is 9.52. The highest BCUT2D eigenvalue weighted by Gasteiger charge is 2.52. The topological polar surface area (TPSA) is 54.4 Å². The molecule has 1 aromatic rings. The summed E-state index contributed by atoms with van der Waals surface area (Å²) in [7, 11) is -3.14. The number of hydrogen-bond acceptors (Lipinski definition) is 3. The highest BCUT2D eigenvalue weighted by molar-refractivity contribution is 7.93. The summed E-state index contributed by atoms with van der Waals surface area (Å²) in [4.78, 5) is 0. The molecule has 0 radical (unpaired) electrons. The summed E-state index contributed by atoms with van der Waals surface area (Å²) in [6.07, 6.45) is 1.30. The standard InChI is InChI=1S/C14H16F2O3S/c15-10-1-4-13(16)9(5-10)6-14(17)7-11-2-3-12(8-14)20(11,18)19/h1,4-5,11-12,17H,2-3,6-8H2. The van der Waals surface area contributed by atoms with Crippen molar-refractivity contribution < 1.29 is 22.3 Å². The Kier molecular flexibility index (Phi) is 3.14. The van der Waals surface area contributed by atoms with Gasteiger partial charge in [0.25, 0.3) is 0 Å². The van der Waals surface area contributed by atoms with Crippen molar-refractivity contribution in [3.63, 3.8) is 0 Å². The molecule has 2 aliphatic rings. The quantitative estimate of drug-likeness (QED) is 0.909. The fraction of sp³-hybridized carbons (Fsp3) is 0.571. The maximum atomic E-state index is 13.7. The first-order chi connectivity index (χ1) is 9.30. The van der Waals surface area contributed by atoms with E-state index in [0.29, 0.717) is 12.8 Å². The SMILES string of the molecule is O=S1(=O)C2CCC1CC(O)(Cc1cc(F)ccc1F)C2. The second-order valence-corrected chi connectivity index (χ2v) is 8.47. The highest BCUT2D eigenvalue weighted by Crippen LogP contribution is 2.44. The molecule has 20 heavy (non-hydrogen) atoms. The van der Waals surface area contributed by atoms with Crippen molar-refractivity contribution in [2.24, 2.45) is 0 Å². The van der Waals surface area contributed by atoms with Crippen molar-refractivity contribution in [3.8, 4) is 0 Å². The van der Waals surface area contributed by atoms with E-state index in [0.717, 1.165) is 18.2 Å². The largest absolute Gasteiger partial charge is 0.389 e. The molecular formula is C14H16F2O3S. The van der Waals surface area contributed by atoms with E-state index in [1.165, 1.54) is 0 Å². The molecule has 6 heteroatoms. The average Bonchev–Trinajstić information content (AvgIpc) is 2.54. The molecular weight excluding hydrogens is 286 g/mol. The molecule has 1 N–H and O–H groups in total. The number of sulfone groups is 1. The molecule has 0 amide bonds. The zero-order chi connectivity index (χ0) is 14.5. The van der Waals surface area contributed by atoms with Gasteiger partial charge in [-0.15, -0.1) is 0 Å². The fourth-order valence-electron chi connectivity index (χ4n) is 3.52. The van der Waals surface area contributed by atoms with Crippen molar-refractivity contribution in [2.45, 2.75) is 48.2 Å². The van der Waals surface area contributed by atoms with Crippen LogP contribution in [-0.4, -0.2) is 29.6 Å². The van der Waals surface area contributed by atoms with Gasteiger partial charge in [-0.3, -0.25) is 0 Å². The third kappa shape index (κ3) is 2.24. The van der Waals surface area contributed by atoms with Crippen molar-refractivity contribution in [1.82, 2.24) is 0 Å². The van der Waals surface area contributed by atoms with E-state index in [2.05, 4.69) is 0 Å². The molecule has 2 fully saturated rings. The Morgan fingerprint density at radius 3 is 2.40 bits per heavy atom. The Balaban J connectivity index is 1.87. The van der Waals surface area contributed by atoms with Crippen molar-refractivity contribution >= 4 is 9.84 Å². The van der Waals surface area contributed by atoms with Gasteiger partial charge < -0.3 is 5.11 Å². The Bertz CT molecular complexity index is 622. The predicted octanol–water partition coefficient (Wildman–Crippen LogP) is 1.98. The molecule has 2 unspecified atom stereocenters. The first kappa shape index (κ1) is 13.9. The molecule has 0 saturated carbocycles. The van der Waals surface area contributed by atoms with Gasteiger partial charge in [-0.25, -0.2) is 17.2 Å². The van der Waals surface area contributed by atoms with Crippen LogP contribution in [0, 0.1) is 11.6 Å². The summed E-state index contributed by atoms with van der Waals surface area (Å²) < 4.78 is 50.8. The van der Waals surface area contributed by atoms with Crippen molar-refractivity contribution in [1.29, 1.82) is 0 Å². The van der Waals surface area contributed by atoms with Gasteiger partial charge in [0.1, 0.15) is 11.6 Å². The van der Waals surface area contributed by atoms with Gasteiger partial charge in [0, 0.05) is 6.42 Å². The summed E-state index contributed by atoms with van der Waals surface area (Å²) in [5.41, 5.74) is -1.16. The Labute approximate surface area is 116 Å². The summed E-state index contributed by atoms with van der Waals surface area (Å²) >= 11 is 0. The van der Waals surface area contributed by atoms with Crippen LogP contribution in [0.3, 0.4) is 0 Å². The molecule has 3 rings (SSSR count). The monoisotopic (exact) mass is 302 g/mol. The zero-order valence-electron chi connectivity index (χ0n) is 10.9. The highest BCUT2D eigenvalue weighted by atomic mass is 32.2. The van der Waals surface area contributed by atoms with Crippen LogP contribution in [0.15, 0.2) is 18.2 Å². The Morgan fingerprint density at radius 2 is 1.80 bits per heavy atom. The van der Waals surface area contributed by atoms with Crippen LogP contribution < -0.4 is 0 Å². The molecule has 2 bridgehead atoms. The molecule has 110 valence electrons. The van der Waals surface area contributed by atoms with E-state index >= 15 is 0 Å². The van der Waals surface area contributed by atoms with E-state index < -0.39 is 37.6 Å². The molecule has 0 spiro atoms. The Hall–Kier alpha value is -1.01. The lowest BCUT2D eigenvalue weighted by atomic mass is 9.86. The summed E-state index contributed by atoms with van der Waals surface area (Å²) in [6, 6.07) is 3.12. The average molecular weight is 302 g/mol.